The Bertz CT molecular complexity index is 1070. The predicted molar refractivity (Wildman–Crippen MR) is 261 cm³/mol. The summed E-state index contributed by atoms with van der Waals surface area (Å²) in [5.41, 5.74) is 0. The molecule has 61 heavy (non-hydrogen) atoms. The molecule has 0 N–H and O–H groups in total. The maximum Gasteiger partial charge on any atom is 0.306 e. The Morgan fingerprint density at radius 3 is 0.984 bits per heavy atom. The van der Waals surface area contributed by atoms with Crippen molar-refractivity contribution in [3.8, 4) is 0 Å². The molecule has 0 bridgehead atoms. The van der Waals surface area contributed by atoms with E-state index < -0.39 is 6.10 Å². The summed E-state index contributed by atoms with van der Waals surface area (Å²) < 4.78 is 16.8. The molecule has 354 valence electrons. The summed E-state index contributed by atoms with van der Waals surface area (Å²) in [4.78, 5) is 38.0. The zero-order valence-electron chi connectivity index (χ0n) is 40.4. The molecule has 0 aliphatic carbocycles. The SMILES string of the molecule is CCCC/C=C/C/C=C/CCCCCCCC(=O)O[C@@H](COC(=O)CCCCCCC/C=C/C/C=C/CCCCC)COC(=O)CCCCCCCCCCCCCCCC. The van der Waals surface area contributed by atoms with Gasteiger partial charge in [0.05, 0.1) is 0 Å². The van der Waals surface area contributed by atoms with Gasteiger partial charge in [0.15, 0.2) is 6.10 Å². The van der Waals surface area contributed by atoms with Crippen LogP contribution in [0.2, 0.25) is 0 Å². The van der Waals surface area contributed by atoms with Crippen molar-refractivity contribution in [2.24, 2.45) is 0 Å². The van der Waals surface area contributed by atoms with E-state index in [2.05, 4.69) is 69.4 Å². The van der Waals surface area contributed by atoms with Crippen molar-refractivity contribution in [3.63, 3.8) is 0 Å². The first-order chi connectivity index (χ1) is 30.0. The molecule has 0 aliphatic rings. The van der Waals surface area contributed by atoms with Crippen LogP contribution in [0.15, 0.2) is 48.6 Å². The van der Waals surface area contributed by atoms with E-state index in [4.69, 9.17) is 14.2 Å². The molecule has 0 saturated carbocycles. The van der Waals surface area contributed by atoms with E-state index in [0.717, 1.165) is 103 Å². The van der Waals surface area contributed by atoms with Crippen molar-refractivity contribution >= 4 is 17.9 Å². The van der Waals surface area contributed by atoms with Crippen LogP contribution < -0.4 is 0 Å². The zero-order chi connectivity index (χ0) is 44.4. The van der Waals surface area contributed by atoms with Crippen LogP contribution in [-0.4, -0.2) is 37.2 Å². The molecule has 1 atom stereocenters. The number of carbonyl (C=O) groups excluding carboxylic acids is 3. The van der Waals surface area contributed by atoms with Gasteiger partial charge in [-0.25, -0.2) is 0 Å². The first kappa shape index (κ1) is 58.4. The quantitative estimate of drug-likeness (QED) is 0.0263. The van der Waals surface area contributed by atoms with Gasteiger partial charge < -0.3 is 14.2 Å². The van der Waals surface area contributed by atoms with E-state index >= 15 is 0 Å². The van der Waals surface area contributed by atoms with Crippen molar-refractivity contribution in [2.45, 2.75) is 271 Å². The third kappa shape index (κ3) is 48.3. The minimum atomic E-state index is -0.783. The fourth-order valence-corrected chi connectivity index (χ4v) is 7.31. The molecule has 0 aliphatic heterocycles. The molecule has 6 heteroatoms. The van der Waals surface area contributed by atoms with Crippen LogP contribution in [0.5, 0.6) is 0 Å². The van der Waals surface area contributed by atoms with Gasteiger partial charge >= 0.3 is 17.9 Å². The van der Waals surface area contributed by atoms with Gasteiger partial charge in [0.2, 0.25) is 0 Å². The normalized spacial score (nSPS) is 12.4. The van der Waals surface area contributed by atoms with E-state index in [9.17, 15) is 14.4 Å². The summed E-state index contributed by atoms with van der Waals surface area (Å²) in [6.07, 6.45) is 59.4. The lowest BCUT2D eigenvalue weighted by Gasteiger charge is -2.18. The molecular formula is C55H98O6. The van der Waals surface area contributed by atoms with Gasteiger partial charge in [-0.05, 0) is 77.0 Å². The first-order valence-corrected chi connectivity index (χ1v) is 26.1. The highest BCUT2D eigenvalue weighted by Gasteiger charge is 2.19. The van der Waals surface area contributed by atoms with Crippen molar-refractivity contribution in [3.05, 3.63) is 48.6 Å². The number of unbranched alkanes of at least 4 members (excludes halogenated alkanes) is 28. The average molecular weight is 855 g/mol. The third-order valence-corrected chi connectivity index (χ3v) is 11.3. The molecule has 0 spiro atoms. The topological polar surface area (TPSA) is 78.9 Å². The number of rotatable bonds is 47. The summed E-state index contributed by atoms with van der Waals surface area (Å²) in [5, 5.41) is 0. The van der Waals surface area contributed by atoms with E-state index in [1.54, 1.807) is 0 Å². The Morgan fingerprint density at radius 2 is 0.607 bits per heavy atom. The summed E-state index contributed by atoms with van der Waals surface area (Å²) in [6, 6.07) is 0. The van der Waals surface area contributed by atoms with E-state index in [1.807, 2.05) is 0 Å². The monoisotopic (exact) mass is 855 g/mol. The zero-order valence-corrected chi connectivity index (χ0v) is 40.4. The Labute approximate surface area is 378 Å². The van der Waals surface area contributed by atoms with Crippen LogP contribution in [0.3, 0.4) is 0 Å². The van der Waals surface area contributed by atoms with E-state index in [1.165, 1.54) is 122 Å². The summed E-state index contributed by atoms with van der Waals surface area (Å²) in [6.45, 7) is 6.56. The van der Waals surface area contributed by atoms with Crippen LogP contribution in [0.1, 0.15) is 265 Å². The number of esters is 3. The van der Waals surface area contributed by atoms with Gasteiger partial charge in [-0.1, -0.05) is 217 Å². The fraction of sp³-hybridized carbons (Fsp3) is 0.800. The highest BCUT2D eigenvalue weighted by atomic mass is 16.6. The Kier molecular flexibility index (Phi) is 47.9. The van der Waals surface area contributed by atoms with Crippen LogP contribution in [0.4, 0.5) is 0 Å². The van der Waals surface area contributed by atoms with Gasteiger partial charge in [0, 0.05) is 19.3 Å². The minimum absolute atomic E-state index is 0.0812. The largest absolute Gasteiger partial charge is 0.462 e. The van der Waals surface area contributed by atoms with Crippen molar-refractivity contribution < 1.29 is 28.6 Å². The molecule has 0 aromatic heterocycles. The number of hydrogen-bond donors (Lipinski definition) is 0. The van der Waals surface area contributed by atoms with E-state index in [-0.39, 0.29) is 31.1 Å². The van der Waals surface area contributed by atoms with Crippen molar-refractivity contribution in [1.29, 1.82) is 0 Å². The molecule has 0 amide bonds. The second-order valence-electron chi connectivity index (χ2n) is 17.4. The van der Waals surface area contributed by atoms with Gasteiger partial charge in [-0.3, -0.25) is 14.4 Å². The highest BCUT2D eigenvalue weighted by molar-refractivity contribution is 5.71. The lowest BCUT2D eigenvalue weighted by molar-refractivity contribution is -0.167. The molecule has 0 radical (unpaired) electrons. The number of ether oxygens (including phenoxy) is 3. The third-order valence-electron chi connectivity index (χ3n) is 11.3. The number of hydrogen-bond acceptors (Lipinski definition) is 6. The molecule has 0 fully saturated rings. The van der Waals surface area contributed by atoms with Gasteiger partial charge in [-0.2, -0.15) is 0 Å². The predicted octanol–water partition coefficient (Wildman–Crippen LogP) is 17.1. The lowest BCUT2D eigenvalue weighted by atomic mass is 10.0. The Morgan fingerprint density at radius 1 is 0.328 bits per heavy atom. The molecule has 0 aromatic carbocycles. The summed E-state index contributed by atoms with van der Waals surface area (Å²) in [5.74, 6) is -0.902. The molecule has 0 saturated heterocycles. The average Bonchev–Trinajstić information content (AvgIpc) is 3.26. The van der Waals surface area contributed by atoms with Gasteiger partial charge in [0.25, 0.3) is 0 Å². The maximum absolute atomic E-state index is 12.8. The molecule has 6 nitrogen and oxygen atoms in total. The molecule has 0 rings (SSSR count). The van der Waals surface area contributed by atoms with Crippen LogP contribution in [-0.2, 0) is 28.6 Å². The standard InChI is InChI=1S/C55H98O6/c1-4-7-10-13-16-19-22-25-28-31-33-36-39-42-45-48-54(57)60-51-52(61-55(58)49-46-43-40-37-34-30-27-24-21-18-15-12-9-6-3)50-59-53(56)47-44-41-38-35-32-29-26-23-20-17-14-11-8-5-2/h15-16,18-19,24-25,27-28,52H,4-14,17,20-23,26,29-51H2,1-3H3/b18-15+,19-16+,27-24+,28-25+/t52-/m1/s1. The molecule has 0 unspecified atom stereocenters. The summed E-state index contributed by atoms with van der Waals surface area (Å²) in [7, 11) is 0. The lowest BCUT2D eigenvalue weighted by Crippen LogP contribution is -2.30. The van der Waals surface area contributed by atoms with Crippen LogP contribution >= 0.6 is 0 Å². The Hall–Kier alpha value is -2.63. The second kappa shape index (κ2) is 50.0. The molecule has 0 heterocycles. The fourth-order valence-electron chi connectivity index (χ4n) is 7.31. The highest BCUT2D eigenvalue weighted by Crippen LogP contribution is 2.15. The molecule has 0 aromatic rings. The number of allylic oxidation sites excluding steroid dienone is 8. The first-order valence-electron chi connectivity index (χ1n) is 26.1. The molecular weight excluding hydrogens is 757 g/mol. The van der Waals surface area contributed by atoms with Gasteiger partial charge in [0.1, 0.15) is 13.2 Å². The minimum Gasteiger partial charge on any atom is -0.462 e. The maximum atomic E-state index is 12.8. The summed E-state index contributed by atoms with van der Waals surface area (Å²) >= 11 is 0. The van der Waals surface area contributed by atoms with Crippen molar-refractivity contribution in [1.82, 2.24) is 0 Å². The number of carbonyl (C=O) groups is 3. The smallest absolute Gasteiger partial charge is 0.306 e. The van der Waals surface area contributed by atoms with E-state index in [0.29, 0.717) is 19.3 Å². The van der Waals surface area contributed by atoms with Crippen molar-refractivity contribution in [2.75, 3.05) is 13.2 Å². The van der Waals surface area contributed by atoms with Crippen LogP contribution in [0.25, 0.3) is 0 Å². The van der Waals surface area contributed by atoms with Gasteiger partial charge in [-0.15, -0.1) is 0 Å². The second-order valence-corrected chi connectivity index (χ2v) is 17.4. The Balaban J connectivity index is 4.40. The van der Waals surface area contributed by atoms with Crippen LogP contribution in [0, 0.1) is 0 Å².